The van der Waals surface area contributed by atoms with E-state index in [4.69, 9.17) is 4.74 Å². The van der Waals surface area contributed by atoms with Crippen LogP contribution in [0.1, 0.15) is 11.4 Å². The number of amides is 1. The van der Waals surface area contributed by atoms with Gasteiger partial charge in [0.25, 0.3) is 5.91 Å². The molecule has 1 aromatic carbocycles. The van der Waals surface area contributed by atoms with Gasteiger partial charge in [-0.2, -0.15) is 5.21 Å². The Labute approximate surface area is 109 Å². The van der Waals surface area contributed by atoms with Gasteiger partial charge in [-0.25, -0.2) is 0 Å². The minimum atomic E-state index is -0.0541. The van der Waals surface area contributed by atoms with Crippen LogP contribution in [-0.2, 0) is 11.2 Å². The predicted molar refractivity (Wildman–Crippen MR) is 66.9 cm³/mol. The molecule has 0 bridgehead atoms. The monoisotopic (exact) mass is 259 g/mol. The summed E-state index contributed by atoms with van der Waals surface area (Å²) in [5.41, 5.74) is 1.89. The molecule has 19 heavy (non-hydrogen) atoms. The minimum absolute atomic E-state index is 0.0541. The topological polar surface area (TPSA) is 84.0 Å². The van der Waals surface area contributed by atoms with E-state index in [2.05, 4.69) is 20.6 Å². The second-order valence-corrected chi connectivity index (χ2v) is 4.38. The number of nitrogens with one attached hydrogen (secondary N) is 1. The number of carbonyl (C=O) groups excluding carboxylic acids is 1. The van der Waals surface area contributed by atoms with Crippen LogP contribution in [0.2, 0.25) is 0 Å². The van der Waals surface area contributed by atoms with Gasteiger partial charge >= 0.3 is 0 Å². The van der Waals surface area contributed by atoms with Crippen LogP contribution in [-0.4, -0.2) is 39.7 Å². The maximum atomic E-state index is 12.0. The van der Waals surface area contributed by atoms with Crippen molar-refractivity contribution in [1.82, 2.24) is 20.6 Å². The average Bonchev–Trinajstić information content (AvgIpc) is 2.91. The fraction of sp³-hybridized carbons (Fsp3) is 0.333. The molecule has 1 aliphatic rings. The predicted octanol–water partition coefficient (Wildman–Crippen LogP) is 0.476. The van der Waals surface area contributed by atoms with Gasteiger partial charge in [0.1, 0.15) is 5.75 Å². The van der Waals surface area contributed by atoms with Crippen molar-refractivity contribution < 1.29 is 9.53 Å². The van der Waals surface area contributed by atoms with Gasteiger partial charge in [-0.15, -0.1) is 10.2 Å². The first kappa shape index (κ1) is 11.6. The number of anilines is 1. The highest BCUT2D eigenvalue weighted by atomic mass is 16.5. The Morgan fingerprint density at radius 2 is 2.37 bits per heavy atom. The van der Waals surface area contributed by atoms with Gasteiger partial charge in [0.05, 0.1) is 5.69 Å². The molecule has 2 aromatic rings. The van der Waals surface area contributed by atoms with Gasteiger partial charge < -0.3 is 9.64 Å². The highest BCUT2D eigenvalue weighted by Gasteiger charge is 2.25. The van der Waals surface area contributed by atoms with Crippen LogP contribution in [0.4, 0.5) is 5.69 Å². The van der Waals surface area contributed by atoms with E-state index in [-0.39, 0.29) is 12.5 Å². The zero-order valence-corrected chi connectivity index (χ0v) is 10.5. The molecule has 0 saturated heterocycles. The molecular formula is C12H13N5O2. The van der Waals surface area contributed by atoms with Crippen molar-refractivity contribution in [3.63, 3.8) is 0 Å². The highest BCUT2D eigenvalue weighted by molar-refractivity contribution is 5.97. The molecule has 1 N–H and O–H groups in total. The third kappa shape index (κ3) is 2.26. The van der Waals surface area contributed by atoms with Crippen LogP contribution in [0.25, 0.3) is 0 Å². The van der Waals surface area contributed by atoms with Crippen molar-refractivity contribution in [2.75, 3.05) is 18.1 Å². The van der Waals surface area contributed by atoms with E-state index in [1.165, 1.54) is 0 Å². The Morgan fingerprint density at radius 1 is 1.47 bits per heavy atom. The molecule has 0 unspecified atom stereocenters. The third-order valence-electron chi connectivity index (χ3n) is 3.01. The lowest BCUT2D eigenvalue weighted by Gasteiger charge is -2.29. The van der Waals surface area contributed by atoms with Crippen LogP contribution in [0.3, 0.4) is 0 Å². The minimum Gasteiger partial charge on any atom is -0.482 e. The van der Waals surface area contributed by atoms with E-state index in [9.17, 15) is 4.79 Å². The Morgan fingerprint density at radius 3 is 3.16 bits per heavy atom. The van der Waals surface area contributed by atoms with Crippen LogP contribution in [0.15, 0.2) is 18.2 Å². The molecule has 0 saturated carbocycles. The summed E-state index contributed by atoms with van der Waals surface area (Å²) in [6, 6.07) is 5.80. The summed E-state index contributed by atoms with van der Waals surface area (Å²) >= 11 is 0. The number of hydrogen-bond acceptors (Lipinski definition) is 5. The molecule has 1 amide bonds. The number of rotatable bonds is 3. The van der Waals surface area contributed by atoms with Crippen molar-refractivity contribution in [2.45, 2.75) is 13.3 Å². The quantitative estimate of drug-likeness (QED) is 0.866. The first-order chi connectivity index (χ1) is 9.24. The van der Waals surface area contributed by atoms with E-state index >= 15 is 0 Å². The van der Waals surface area contributed by atoms with Crippen LogP contribution < -0.4 is 9.64 Å². The third-order valence-corrected chi connectivity index (χ3v) is 3.01. The van der Waals surface area contributed by atoms with Crippen LogP contribution in [0.5, 0.6) is 5.75 Å². The van der Waals surface area contributed by atoms with Crippen molar-refractivity contribution in [1.29, 1.82) is 0 Å². The Hall–Kier alpha value is -2.44. The fourth-order valence-electron chi connectivity index (χ4n) is 2.06. The van der Waals surface area contributed by atoms with Crippen molar-refractivity contribution >= 4 is 11.6 Å². The van der Waals surface area contributed by atoms with Crippen LogP contribution in [0, 0.1) is 6.92 Å². The number of benzene rings is 1. The summed E-state index contributed by atoms with van der Waals surface area (Å²) in [7, 11) is 0. The summed E-state index contributed by atoms with van der Waals surface area (Å²) in [5.74, 6) is 1.27. The fourth-order valence-corrected chi connectivity index (χ4v) is 2.06. The summed E-state index contributed by atoms with van der Waals surface area (Å²) < 4.78 is 5.42. The number of aryl methyl sites for hydroxylation is 1. The summed E-state index contributed by atoms with van der Waals surface area (Å²) in [4.78, 5) is 13.7. The summed E-state index contributed by atoms with van der Waals surface area (Å²) in [6.45, 7) is 2.57. The molecule has 7 heteroatoms. The second kappa shape index (κ2) is 4.68. The molecular weight excluding hydrogens is 246 g/mol. The van der Waals surface area contributed by atoms with Gasteiger partial charge in [0.15, 0.2) is 12.4 Å². The number of nitrogens with zero attached hydrogens (tertiary/aromatic N) is 4. The van der Waals surface area contributed by atoms with Gasteiger partial charge in [-0.3, -0.25) is 4.79 Å². The molecule has 0 fully saturated rings. The number of hydrogen-bond donors (Lipinski definition) is 1. The van der Waals surface area contributed by atoms with Gasteiger partial charge in [0, 0.05) is 13.0 Å². The molecule has 2 heterocycles. The zero-order chi connectivity index (χ0) is 13.2. The number of H-pyrrole nitrogens is 1. The highest BCUT2D eigenvalue weighted by Crippen LogP contribution is 2.32. The molecule has 3 rings (SSSR count). The van der Waals surface area contributed by atoms with Crippen molar-refractivity contribution in [3.8, 4) is 5.75 Å². The number of aromatic nitrogens is 4. The maximum absolute atomic E-state index is 12.0. The molecule has 0 atom stereocenters. The first-order valence-corrected chi connectivity index (χ1v) is 6.00. The number of tetrazole rings is 1. The van der Waals surface area contributed by atoms with Gasteiger partial charge in [0.2, 0.25) is 0 Å². The number of aromatic amines is 1. The normalized spacial score (nSPS) is 14.2. The first-order valence-electron chi connectivity index (χ1n) is 6.00. The van der Waals surface area contributed by atoms with Gasteiger partial charge in [-0.1, -0.05) is 11.3 Å². The lowest BCUT2D eigenvalue weighted by Crippen LogP contribution is -2.40. The lowest BCUT2D eigenvalue weighted by molar-refractivity contribution is -0.121. The van der Waals surface area contributed by atoms with Crippen molar-refractivity contribution in [3.05, 3.63) is 29.6 Å². The molecule has 1 aliphatic heterocycles. The molecule has 0 aliphatic carbocycles. The average molecular weight is 259 g/mol. The standard InChI is InChI=1S/C12H13N5O2/c1-8-2-3-10-9(6-8)17(12(18)7-19-10)5-4-11-13-15-16-14-11/h2-3,6H,4-5,7H2,1H3,(H,13,14,15,16). The van der Waals surface area contributed by atoms with Crippen molar-refractivity contribution in [2.24, 2.45) is 0 Å². The smallest absolute Gasteiger partial charge is 0.265 e. The molecule has 7 nitrogen and oxygen atoms in total. The summed E-state index contributed by atoms with van der Waals surface area (Å²) in [5, 5.41) is 13.7. The molecule has 98 valence electrons. The van der Waals surface area contributed by atoms with E-state index in [0.717, 1.165) is 17.0 Å². The number of fused-ring (bicyclic) bond motifs is 1. The largest absolute Gasteiger partial charge is 0.482 e. The van der Waals surface area contributed by atoms with E-state index in [0.29, 0.717) is 18.8 Å². The van der Waals surface area contributed by atoms with E-state index < -0.39 is 0 Å². The Bertz CT molecular complexity index is 596. The maximum Gasteiger partial charge on any atom is 0.265 e. The second-order valence-electron chi connectivity index (χ2n) is 4.38. The van der Waals surface area contributed by atoms with Crippen LogP contribution >= 0.6 is 0 Å². The Balaban J connectivity index is 1.84. The SMILES string of the molecule is Cc1ccc2c(c1)N(CCc1nn[nH]n1)C(=O)CO2. The number of carbonyl (C=O) groups is 1. The van der Waals surface area contributed by atoms with Gasteiger partial charge in [-0.05, 0) is 24.6 Å². The molecule has 1 aromatic heterocycles. The molecule has 0 radical (unpaired) electrons. The number of ether oxygens (including phenoxy) is 1. The Kier molecular flexibility index (Phi) is 2.86. The van der Waals surface area contributed by atoms with E-state index in [1.54, 1.807) is 4.90 Å². The summed E-state index contributed by atoms with van der Waals surface area (Å²) in [6.07, 6.45) is 0.551. The zero-order valence-electron chi connectivity index (χ0n) is 10.5. The molecule has 0 spiro atoms. The van der Waals surface area contributed by atoms with E-state index in [1.807, 2.05) is 25.1 Å². The lowest BCUT2D eigenvalue weighted by atomic mass is 10.1.